The Hall–Kier alpha value is -1.49. The number of furan rings is 1. The van der Waals surface area contributed by atoms with E-state index in [9.17, 15) is 9.59 Å². The lowest BCUT2D eigenvalue weighted by molar-refractivity contribution is -0.130. The van der Waals surface area contributed by atoms with E-state index in [0.29, 0.717) is 26.1 Å². The third-order valence-corrected chi connectivity index (χ3v) is 3.77. The van der Waals surface area contributed by atoms with Gasteiger partial charge in [0, 0.05) is 32.1 Å². The van der Waals surface area contributed by atoms with E-state index in [-0.39, 0.29) is 28.8 Å². The number of nitrogens with zero attached hydrogens (tertiary/aromatic N) is 2. The molecule has 2 fully saturated rings. The number of hydrogen-bond acceptors (Lipinski definition) is 3. The molecule has 0 N–H and O–H groups in total. The lowest BCUT2D eigenvalue weighted by Crippen LogP contribution is -2.53. The minimum Gasteiger partial charge on any atom is -0.440 e. The Morgan fingerprint density at radius 1 is 1.39 bits per heavy atom. The monoisotopic (exact) mass is 268 g/mol. The zero-order chi connectivity index (χ0) is 12.7. The molecule has 0 aromatic carbocycles. The minimum atomic E-state index is -0.152. The van der Waals surface area contributed by atoms with Crippen LogP contribution in [0.3, 0.4) is 0 Å². The van der Waals surface area contributed by atoms with Crippen molar-refractivity contribution in [3.8, 4) is 0 Å². The summed E-state index contributed by atoms with van der Waals surface area (Å²) in [4.78, 5) is 27.3. The highest BCUT2D eigenvalue weighted by Gasteiger charge is 2.37. The fraction of sp³-hybridized carbons (Fsp3) is 0.500. The van der Waals surface area contributed by atoms with Crippen LogP contribution in [0, 0.1) is 0 Å². The number of rotatable bonds is 1. The number of piperazine rings is 1. The van der Waals surface area contributed by atoms with Crippen molar-refractivity contribution in [1.82, 2.24) is 9.80 Å². The molecular formula is C12H13ClN2O3. The second-order valence-corrected chi connectivity index (χ2v) is 5.01. The van der Waals surface area contributed by atoms with Crippen LogP contribution >= 0.6 is 11.6 Å². The molecule has 3 heterocycles. The van der Waals surface area contributed by atoms with E-state index in [1.54, 1.807) is 17.0 Å². The van der Waals surface area contributed by atoms with Crippen LogP contribution in [-0.4, -0.2) is 47.3 Å². The molecular weight excluding hydrogens is 256 g/mol. The highest BCUT2D eigenvalue weighted by atomic mass is 35.5. The van der Waals surface area contributed by atoms with Crippen molar-refractivity contribution in [2.45, 2.75) is 18.9 Å². The summed E-state index contributed by atoms with van der Waals surface area (Å²) in [6.07, 6.45) is 1.43. The lowest BCUT2D eigenvalue weighted by Gasteiger charge is -2.37. The van der Waals surface area contributed by atoms with Gasteiger partial charge in [0.2, 0.25) is 5.91 Å². The number of fused-ring (bicyclic) bond motifs is 1. The molecule has 0 spiro atoms. The number of halogens is 1. The van der Waals surface area contributed by atoms with Crippen LogP contribution in [0.25, 0.3) is 0 Å². The third-order valence-electron chi connectivity index (χ3n) is 3.57. The largest absolute Gasteiger partial charge is 0.440 e. The number of amides is 2. The maximum atomic E-state index is 12.2. The van der Waals surface area contributed by atoms with Crippen LogP contribution in [-0.2, 0) is 4.79 Å². The first-order valence-corrected chi connectivity index (χ1v) is 6.37. The summed E-state index contributed by atoms with van der Waals surface area (Å²) in [5, 5.41) is 0.216. The highest BCUT2D eigenvalue weighted by molar-refractivity contribution is 6.29. The van der Waals surface area contributed by atoms with E-state index >= 15 is 0 Å². The number of carbonyl (C=O) groups is 2. The van der Waals surface area contributed by atoms with Crippen molar-refractivity contribution in [2.75, 3.05) is 19.6 Å². The van der Waals surface area contributed by atoms with Crippen LogP contribution in [0.2, 0.25) is 5.22 Å². The van der Waals surface area contributed by atoms with Crippen molar-refractivity contribution < 1.29 is 14.0 Å². The molecule has 0 bridgehead atoms. The Morgan fingerprint density at radius 2 is 2.22 bits per heavy atom. The average Bonchev–Trinajstić information content (AvgIpc) is 2.95. The summed E-state index contributed by atoms with van der Waals surface area (Å²) in [5.41, 5.74) is 0. The SMILES string of the molecule is O=C(c1ccc(Cl)o1)N1CCN2C(=O)CCC2C1. The van der Waals surface area contributed by atoms with Gasteiger partial charge in [-0.15, -0.1) is 0 Å². The van der Waals surface area contributed by atoms with Gasteiger partial charge in [0.15, 0.2) is 11.0 Å². The normalized spacial score (nSPS) is 23.4. The van der Waals surface area contributed by atoms with Gasteiger partial charge in [-0.3, -0.25) is 9.59 Å². The topological polar surface area (TPSA) is 53.8 Å². The third kappa shape index (κ3) is 1.88. The Bertz CT molecular complexity index is 499. The molecule has 0 aliphatic carbocycles. The Kier molecular flexibility index (Phi) is 2.78. The zero-order valence-electron chi connectivity index (χ0n) is 9.76. The zero-order valence-corrected chi connectivity index (χ0v) is 10.5. The molecule has 2 saturated heterocycles. The predicted molar refractivity (Wildman–Crippen MR) is 64.4 cm³/mol. The van der Waals surface area contributed by atoms with Crippen molar-refractivity contribution in [1.29, 1.82) is 0 Å². The summed E-state index contributed by atoms with van der Waals surface area (Å²) in [7, 11) is 0. The van der Waals surface area contributed by atoms with Gasteiger partial charge >= 0.3 is 0 Å². The van der Waals surface area contributed by atoms with Gasteiger partial charge in [0.05, 0.1) is 0 Å². The fourth-order valence-corrected chi connectivity index (χ4v) is 2.78. The first-order valence-electron chi connectivity index (χ1n) is 5.99. The van der Waals surface area contributed by atoms with E-state index in [1.807, 2.05) is 4.90 Å². The van der Waals surface area contributed by atoms with Gasteiger partial charge in [-0.25, -0.2) is 0 Å². The minimum absolute atomic E-state index is 0.152. The van der Waals surface area contributed by atoms with Crippen LogP contribution < -0.4 is 0 Å². The first kappa shape index (κ1) is 11.6. The summed E-state index contributed by atoms with van der Waals surface area (Å²) in [5.74, 6) is 0.312. The second kappa shape index (κ2) is 4.31. The van der Waals surface area contributed by atoms with Crippen molar-refractivity contribution in [2.24, 2.45) is 0 Å². The van der Waals surface area contributed by atoms with Gasteiger partial charge in [0.1, 0.15) is 0 Å². The maximum absolute atomic E-state index is 12.2. The van der Waals surface area contributed by atoms with E-state index < -0.39 is 0 Å². The molecule has 1 atom stereocenters. The summed E-state index contributed by atoms with van der Waals surface area (Å²) in [6, 6.07) is 3.31. The summed E-state index contributed by atoms with van der Waals surface area (Å²) < 4.78 is 5.12. The molecule has 0 saturated carbocycles. The van der Waals surface area contributed by atoms with Gasteiger partial charge in [0.25, 0.3) is 5.91 Å². The predicted octanol–water partition coefficient (Wildman–Crippen LogP) is 1.38. The Labute approximate surface area is 109 Å². The van der Waals surface area contributed by atoms with E-state index in [2.05, 4.69) is 0 Å². The molecule has 6 heteroatoms. The molecule has 3 rings (SSSR count). The molecule has 96 valence electrons. The van der Waals surface area contributed by atoms with E-state index in [4.69, 9.17) is 16.0 Å². The average molecular weight is 269 g/mol. The summed E-state index contributed by atoms with van der Waals surface area (Å²) in [6.45, 7) is 1.76. The molecule has 1 aromatic rings. The first-order chi connectivity index (χ1) is 8.65. The molecule has 2 aliphatic rings. The number of carbonyl (C=O) groups excluding carboxylic acids is 2. The quantitative estimate of drug-likeness (QED) is 0.773. The van der Waals surface area contributed by atoms with E-state index in [1.165, 1.54) is 0 Å². The maximum Gasteiger partial charge on any atom is 0.289 e. The Morgan fingerprint density at radius 3 is 2.94 bits per heavy atom. The highest BCUT2D eigenvalue weighted by Crippen LogP contribution is 2.24. The van der Waals surface area contributed by atoms with Gasteiger partial charge in [-0.1, -0.05) is 0 Å². The molecule has 2 aliphatic heterocycles. The Balaban J connectivity index is 1.71. The lowest BCUT2D eigenvalue weighted by atomic mass is 10.1. The molecule has 0 radical (unpaired) electrons. The van der Waals surface area contributed by atoms with Crippen molar-refractivity contribution >= 4 is 23.4 Å². The summed E-state index contributed by atoms with van der Waals surface area (Å²) >= 11 is 5.66. The van der Waals surface area contributed by atoms with E-state index in [0.717, 1.165) is 6.42 Å². The second-order valence-electron chi connectivity index (χ2n) is 4.63. The van der Waals surface area contributed by atoms with Crippen LogP contribution in [0.15, 0.2) is 16.5 Å². The van der Waals surface area contributed by atoms with Crippen molar-refractivity contribution in [3.05, 3.63) is 23.1 Å². The number of hydrogen-bond donors (Lipinski definition) is 0. The van der Waals surface area contributed by atoms with Gasteiger partial charge in [-0.2, -0.15) is 0 Å². The van der Waals surface area contributed by atoms with Gasteiger partial charge in [-0.05, 0) is 30.2 Å². The van der Waals surface area contributed by atoms with Gasteiger partial charge < -0.3 is 14.2 Å². The van der Waals surface area contributed by atoms with Crippen LogP contribution in [0.4, 0.5) is 0 Å². The molecule has 18 heavy (non-hydrogen) atoms. The molecule has 1 aromatic heterocycles. The molecule has 5 nitrogen and oxygen atoms in total. The van der Waals surface area contributed by atoms with Crippen LogP contribution in [0.5, 0.6) is 0 Å². The molecule has 1 unspecified atom stereocenters. The fourth-order valence-electron chi connectivity index (χ4n) is 2.63. The van der Waals surface area contributed by atoms with Crippen molar-refractivity contribution in [3.63, 3.8) is 0 Å². The van der Waals surface area contributed by atoms with Crippen LogP contribution in [0.1, 0.15) is 23.4 Å². The molecule has 2 amide bonds. The smallest absolute Gasteiger partial charge is 0.289 e. The standard InChI is InChI=1S/C12H13ClN2O3/c13-10-3-2-9(18-10)12(17)14-5-6-15-8(7-14)1-4-11(15)16/h2-3,8H,1,4-7H2.